The molecule has 0 spiro atoms. The summed E-state index contributed by atoms with van der Waals surface area (Å²) in [4.78, 5) is 14.6. The van der Waals surface area contributed by atoms with Crippen LogP contribution in [0.25, 0.3) is 0 Å². The number of rotatable bonds is 6. The van der Waals surface area contributed by atoms with Crippen LogP contribution >= 0.6 is 0 Å². The molecule has 0 aromatic heterocycles. The normalized spacial score (nSPS) is 16.1. The van der Waals surface area contributed by atoms with Crippen molar-refractivity contribution in [1.29, 1.82) is 0 Å². The van der Waals surface area contributed by atoms with Gasteiger partial charge >= 0.3 is 0 Å². The molecule has 1 aromatic carbocycles. The number of aryl methyl sites for hydroxylation is 1. The molecule has 3 heteroatoms. The summed E-state index contributed by atoms with van der Waals surface area (Å²) in [6, 6.07) is 8.28. The summed E-state index contributed by atoms with van der Waals surface area (Å²) < 4.78 is 5.81. The summed E-state index contributed by atoms with van der Waals surface area (Å²) in [6.07, 6.45) is 1.85. The van der Waals surface area contributed by atoms with Gasteiger partial charge in [-0.1, -0.05) is 26.0 Å². The van der Waals surface area contributed by atoms with Crippen LogP contribution in [0.15, 0.2) is 24.3 Å². The van der Waals surface area contributed by atoms with Crippen LogP contribution in [-0.2, 0) is 4.79 Å². The van der Waals surface area contributed by atoms with Gasteiger partial charge in [-0.25, -0.2) is 0 Å². The molecule has 2 rings (SSSR count). The Morgan fingerprint density at radius 2 is 2.05 bits per heavy atom. The number of carbonyl (C=O) groups excluding carboxylic acids is 1. The Morgan fingerprint density at radius 1 is 1.35 bits per heavy atom. The topological polar surface area (TPSA) is 29.5 Å². The van der Waals surface area contributed by atoms with Crippen LogP contribution in [0.5, 0.6) is 5.75 Å². The van der Waals surface area contributed by atoms with Crippen molar-refractivity contribution in [2.24, 2.45) is 5.92 Å². The van der Waals surface area contributed by atoms with E-state index in [4.69, 9.17) is 4.74 Å². The smallest absolute Gasteiger partial charge is 0.263 e. The van der Waals surface area contributed by atoms with Crippen molar-refractivity contribution in [3.05, 3.63) is 29.8 Å². The summed E-state index contributed by atoms with van der Waals surface area (Å²) in [5.41, 5.74) is 1.14. The summed E-state index contributed by atoms with van der Waals surface area (Å²) in [5, 5.41) is 0. The van der Waals surface area contributed by atoms with Crippen LogP contribution in [0.2, 0.25) is 0 Å². The Morgan fingerprint density at radius 3 is 2.60 bits per heavy atom. The molecule has 0 N–H and O–H groups in total. The van der Waals surface area contributed by atoms with E-state index in [9.17, 15) is 4.79 Å². The predicted octanol–water partition coefficient (Wildman–Crippen LogP) is 3.41. The number of carbonyl (C=O) groups is 1. The van der Waals surface area contributed by atoms with Crippen molar-refractivity contribution in [3.8, 4) is 5.75 Å². The van der Waals surface area contributed by atoms with Gasteiger partial charge in [0.05, 0.1) is 0 Å². The number of hydrogen-bond acceptors (Lipinski definition) is 2. The van der Waals surface area contributed by atoms with Crippen LogP contribution < -0.4 is 4.74 Å². The molecule has 0 aliphatic heterocycles. The maximum absolute atomic E-state index is 12.6. The van der Waals surface area contributed by atoms with Crippen molar-refractivity contribution >= 4 is 5.91 Å². The Balaban J connectivity index is 1.99. The number of benzene rings is 1. The van der Waals surface area contributed by atoms with E-state index in [1.807, 2.05) is 43.0 Å². The molecule has 3 nitrogen and oxygen atoms in total. The minimum atomic E-state index is -0.420. The van der Waals surface area contributed by atoms with Gasteiger partial charge < -0.3 is 9.64 Å². The van der Waals surface area contributed by atoms with Crippen LogP contribution in [0, 0.1) is 12.8 Å². The summed E-state index contributed by atoms with van der Waals surface area (Å²) >= 11 is 0. The van der Waals surface area contributed by atoms with E-state index in [-0.39, 0.29) is 5.91 Å². The third-order valence-corrected chi connectivity index (χ3v) is 3.48. The highest BCUT2D eigenvalue weighted by atomic mass is 16.5. The van der Waals surface area contributed by atoms with Crippen molar-refractivity contribution < 1.29 is 9.53 Å². The molecular formula is C17H25NO2. The fourth-order valence-corrected chi connectivity index (χ4v) is 2.38. The lowest BCUT2D eigenvalue weighted by Gasteiger charge is -2.27. The highest BCUT2D eigenvalue weighted by Crippen LogP contribution is 2.28. The van der Waals surface area contributed by atoms with E-state index in [0.29, 0.717) is 12.0 Å². The average molecular weight is 275 g/mol. The third kappa shape index (κ3) is 3.99. The van der Waals surface area contributed by atoms with Crippen LogP contribution in [0.4, 0.5) is 0 Å². The minimum Gasteiger partial charge on any atom is -0.481 e. The first kappa shape index (κ1) is 14.9. The molecule has 20 heavy (non-hydrogen) atoms. The highest BCUT2D eigenvalue weighted by Gasteiger charge is 2.35. The largest absolute Gasteiger partial charge is 0.481 e. The van der Waals surface area contributed by atoms with E-state index < -0.39 is 6.10 Å². The number of hydrogen-bond donors (Lipinski definition) is 0. The lowest BCUT2D eigenvalue weighted by molar-refractivity contribution is -0.139. The Labute approximate surface area is 121 Å². The number of nitrogens with zero attached hydrogens (tertiary/aromatic N) is 1. The molecule has 1 aromatic rings. The van der Waals surface area contributed by atoms with E-state index in [1.54, 1.807) is 0 Å². The maximum Gasteiger partial charge on any atom is 0.263 e. The molecule has 1 atom stereocenters. The monoisotopic (exact) mass is 275 g/mol. The van der Waals surface area contributed by atoms with Gasteiger partial charge in [-0.2, -0.15) is 0 Å². The van der Waals surface area contributed by atoms with Crippen molar-refractivity contribution in [1.82, 2.24) is 4.90 Å². The SMILES string of the molecule is Cc1cccc(OC(C)C(=O)N(CC(C)C)C2CC2)c1. The zero-order valence-corrected chi connectivity index (χ0v) is 12.9. The zero-order chi connectivity index (χ0) is 14.7. The maximum atomic E-state index is 12.6. The van der Waals surface area contributed by atoms with E-state index in [2.05, 4.69) is 13.8 Å². The highest BCUT2D eigenvalue weighted by molar-refractivity contribution is 5.81. The molecule has 0 heterocycles. The summed E-state index contributed by atoms with van der Waals surface area (Å²) in [7, 11) is 0. The van der Waals surface area contributed by atoms with Crippen molar-refractivity contribution in [2.45, 2.75) is 52.7 Å². The van der Waals surface area contributed by atoms with Gasteiger partial charge in [0, 0.05) is 12.6 Å². The van der Waals surface area contributed by atoms with E-state index in [0.717, 1.165) is 30.7 Å². The van der Waals surface area contributed by atoms with Gasteiger partial charge in [0.25, 0.3) is 5.91 Å². The second-order valence-corrected chi connectivity index (χ2v) is 6.19. The number of amides is 1. The van der Waals surface area contributed by atoms with Gasteiger partial charge in [0.1, 0.15) is 5.75 Å². The predicted molar refractivity (Wildman–Crippen MR) is 80.8 cm³/mol. The molecule has 1 amide bonds. The Bertz CT molecular complexity index is 466. The standard InChI is InChI=1S/C17H25NO2/c1-12(2)11-18(15-8-9-15)17(19)14(4)20-16-7-5-6-13(3)10-16/h5-7,10,12,14-15H,8-9,11H2,1-4H3. The molecule has 0 bridgehead atoms. The lowest BCUT2D eigenvalue weighted by atomic mass is 10.2. The number of ether oxygens (including phenoxy) is 1. The molecular weight excluding hydrogens is 250 g/mol. The van der Waals surface area contributed by atoms with Crippen LogP contribution in [0.1, 0.15) is 39.2 Å². The molecule has 1 fully saturated rings. The first-order valence-corrected chi connectivity index (χ1v) is 7.51. The Kier molecular flexibility index (Phi) is 4.69. The fraction of sp³-hybridized carbons (Fsp3) is 0.588. The zero-order valence-electron chi connectivity index (χ0n) is 12.9. The quantitative estimate of drug-likeness (QED) is 0.796. The second kappa shape index (κ2) is 6.29. The Hall–Kier alpha value is -1.51. The van der Waals surface area contributed by atoms with Gasteiger partial charge in [-0.05, 0) is 50.3 Å². The van der Waals surface area contributed by atoms with Crippen LogP contribution in [0.3, 0.4) is 0 Å². The molecule has 1 aliphatic rings. The summed E-state index contributed by atoms with van der Waals surface area (Å²) in [6.45, 7) is 8.99. The first-order valence-electron chi connectivity index (χ1n) is 7.51. The van der Waals surface area contributed by atoms with E-state index in [1.165, 1.54) is 0 Å². The average Bonchev–Trinajstić information content (AvgIpc) is 3.19. The molecule has 1 aliphatic carbocycles. The third-order valence-electron chi connectivity index (χ3n) is 3.48. The van der Waals surface area contributed by atoms with Crippen molar-refractivity contribution in [2.75, 3.05) is 6.54 Å². The van der Waals surface area contributed by atoms with Crippen LogP contribution in [-0.4, -0.2) is 29.5 Å². The second-order valence-electron chi connectivity index (χ2n) is 6.19. The minimum absolute atomic E-state index is 0.114. The first-order chi connectivity index (χ1) is 9.47. The molecule has 1 unspecified atom stereocenters. The van der Waals surface area contributed by atoms with Gasteiger partial charge in [-0.3, -0.25) is 4.79 Å². The lowest BCUT2D eigenvalue weighted by Crippen LogP contribution is -2.43. The molecule has 110 valence electrons. The summed E-state index contributed by atoms with van der Waals surface area (Å²) in [5.74, 6) is 1.37. The van der Waals surface area contributed by atoms with Crippen molar-refractivity contribution in [3.63, 3.8) is 0 Å². The fourth-order valence-electron chi connectivity index (χ4n) is 2.38. The van der Waals surface area contributed by atoms with Gasteiger partial charge in [0.15, 0.2) is 6.10 Å². The molecule has 1 saturated carbocycles. The molecule has 0 saturated heterocycles. The molecule has 0 radical (unpaired) electrons. The van der Waals surface area contributed by atoms with E-state index >= 15 is 0 Å². The van der Waals surface area contributed by atoms with Gasteiger partial charge in [0.2, 0.25) is 0 Å². The van der Waals surface area contributed by atoms with Gasteiger partial charge in [-0.15, -0.1) is 0 Å².